The predicted molar refractivity (Wildman–Crippen MR) is 85.7 cm³/mol. The summed E-state index contributed by atoms with van der Waals surface area (Å²) >= 11 is 0. The van der Waals surface area contributed by atoms with Crippen LogP contribution in [0.3, 0.4) is 0 Å². The van der Waals surface area contributed by atoms with Crippen LogP contribution in [-0.4, -0.2) is 34.6 Å². The summed E-state index contributed by atoms with van der Waals surface area (Å²) in [7, 11) is 0. The summed E-state index contributed by atoms with van der Waals surface area (Å²) < 4.78 is 0. The fraction of sp³-hybridized carbons (Fsp3) is 0.222. The molecule has 0 spiro atoms. The number of H-pyrrole nitrogens is 1. The number of rotatable bonds is 5. The predicted octanol–water partition coefficient (Wildman–Crippen LogP) is 1.97. The summed E-state index contributed by atoms with van der Waals surface area (Å²) in [4.78, 5) is 5.19. The van der Waals surface area contributed by atoms with Crippen molar-refractivity contribution in [2.24, 2.45) is 0 Å². The minimum Gasteiger partial charge on any atom is -0.508 e. The molecule has 1 aromatic heterocycles. The summed E-state index contributed by atoms with van der Waals surface area (Å²) in [6.07, 6.45) is 18.8. The van der Waals surface area contributed by atoms with Gasteiger partial charge in [0.25, 0.3) is 0 Å². The van der Waals surface area contributed by atoms with Gasteiger partial charge in [0.1, 0.15) is 5.75 Å². The number of nitrogens with zero attached hydrogens (tertiary/aromatic N) is 1. The van der Waals surface area contributed by atoms with Crippen LogP contribution in [0.5, 0.6) is 5.75 Å². The Morgan fingerprint density at radius 3 is 2.48 bits per heavy atom. The van der Waals surface area contributed by atoms with Crippen LogP contribution in [0.4, 0.5) is 0 Å². The molecule has 104 valence electrons. The molecule has 1 aromatic carbocycles. The van der Waals surface area contributed by atoms with E-state index in [2.05, 4.69) is 22.7 Å². The minimum atomic E-state index is 0.167. The van der Waals surface area contributed by atoms with Crippen molar-refractivity contribution in [3.05, 3.63) is 29.5 Å². The number of aromatic nitrogens is 1. The van der Waals surface area contributed by atoms with Gasteiger partial charge in [-0.2, -0.15) is 0 Å². The van der Waals surface area contributed by atoms with Crippen LogP contribution in [0, 0.1) is 37.0 Å². The van der Waals surface area contributed by atoms with E-state index >= 15 is 0 Å². The van der Waals surface area contributed by atoms with Gasteiger partial charge in [0, 0.05) is 18.1 Å². The van der Waals surface area contributed by atoms with Gasteiger partial charge in [-0.3, -0.25) is 4.90 Å². The van der Waals surface area contributed by atoms with Crippen molar-refractivity contribution in [1.29, 1.82) is 0 Å². The third kappa shape index (κ3) is 3.21. The third-order valence-corrected chi connectivity index (χ3v) is 3.34. The molecule has 1 heterocycles. The van der Waals surface area contributed by atoms with Crippen LogP contribution in [0.15, 0.2) is 18.3 Å². The van der Waals surface area contributed by atoms with E-state index in [1.807, 2.05) is 11.1 Å². The summed E-state index contributed by atoms with van der Waals surface area (Å²) in [5, 5.41) is 10.7. The highest BCUT2D eigenvalue weighted by Gasteiger charge is 2.10. The molecule has 0 unspecified atom stereocenters. The molecule has 0 aliphatic carbocycles. The van der Waals surface area contributed by atoms with Crippen molar-refractivity contribution in [2.45, 2.75) is 6.42 Å². The molecule has 3 heteroatoms. The molecular formula is C18H16N2O. The molecule has 2 N–H and O–H groups in total. The van der Waals surface area contributed by atoms with E-state index in [1.165, 1.54) is 0 Å². The van der Waals surface area contributed by atoms with E-state index in [-0.39, 0.29) is 5.75 Å². The van der Waals surface area contributed by atoms with Crippen LogP contribution in [0.1, 0.15) is 11.1 Å². The van der Waals surface area contributed by atoms with Gasteiger partial charge in [0.15, 0.2) is 0 Å². The maximum Gasteiger partial charge on any atom is 0.117 e. The first-order valence-electron chi connectivity index (χ1n) is 6.58. The maximum atomic E-state index is 9.76. The SMILES string of the molecule is C#CCN(CC#C)CCc1c[nH]c2c(C#C)cc(O)cc12. The van der Waals surface area contributed by atoms with Gasteiger partial charge in [-0.1, -0.05) is 17.8 Å². The van der Waals surface area contributed by atoms with Gasteiger partial charge in [0.2, 0.25) is 0 Å². The van der Waals surface area contributed by atoms with E-state index in [1.54, 1.807) is 12.1 Å². The highest BCUT2D eigenvalue weighted by molar-refractivity contribution is 5.89. The quantitative estimate of drug-likeness (QED) is 0.820. The monoisotopic (exact) mass is 276 g/mol. The molecule has 0 bridgehead atoms. The molecule has 21 heavy (non-hydrogen) atoms. The Balaban J connectivity index is 2.24. The second-order valence-electron chi connectivity index (χ2n) is 4.74. The van der Waals surface area contributed by atoms with Crippen molar-refractivity contribution in [3.8, 4) is 42.8 Å². The summed E-state index contributed by atoms with van der Waals surface area (Å²) in [6.45, 7) is 1.79. The lowest BCUT2D eigenvalue weighted by Crippen LogP contribution is -2.26. The van der Waals surface area contributed by atoms with Crippen molar-refractivity contribution >= 4 is 10.9 Å². The Morgan fingerprint density at radius 1 is 1.14 bits per heavy atom. The number of aromatic hydroxyl groups is 1. The summed E-state index contributed by atoms with van der Waals surface area (Å²) in [5.41, 5.74) is 2.60. The number of fused-ring (bicyclic) bond motifs is 1. The fourth-order valence-corrected chi connectivity index (χ4v) is 2.34. The number of nitrogens with one attached hydrogen (secondary N) is 1. The van der Waals surface area contributed by atoms with Crippen LogP contribution >= 0.6 is 0 Å². The zero-order valence-electron chi connectivity index (χ0n) is 11.7. The lowest BCUT2D eigenvalue weighted by molar-refractivity contribution is 0.350. The molecule has 2 aromatic rings. The van der Waals surface area contributed by atoms with E-state index < -0.39 is 0 Å². The molecule has 0 aliphatic heterocycles. The second kappa shape index (κ2) is 6.58. The third-order valence-electron chi connectivity index (χ3n) is 3.34. The van der Waals surface area contributed by atoms with E-state index in [4.69, 9.17) is 19.3 Å². The fourth-order valence-electron chi connectivity index (χ4n) is 2.34. The minimum absolute atomic E-state index is 0.167. The number of aromatic amines is 1. The van der Waals surface area contributed by atoms with Crippen LogP contribution in [0.2, 0.25) is 0 Å². The lowest BCUT2D eigenvalue weighted by atomic mass is 10.1. The van der Waals surface area contributed by atoms with Gasteiger partial charge in [-0.05, 0) is 24.1 Å². The highest BCUT2D eigenvalue weighted by atomic mass is 16.3. The van der Waals surface area contributed by atoms with Gasteiger partial charge >= 0.3 is 0 Å². The Morgan fingerprint density at radius 2 is 1.86 bits per heavy atom. The number of hydrogen-bond donors (Lipinski definition) is 2. The number of phenols is 1. The Kier molecular flexibility index (Phi) is 4.57. The molecular weight excluding hydrogens is 260 g/mol. The van der Waals surface area contributed by atoms with Crippen molar-refractivity contribution in [1.82, 2.24) is 9.88 Å². The van der Waals surface area contributed by atoms with Crippen LogP contribution < -0.4 is 0 Å². The smallest absolute Gasteiger partial charge is 0.117 e. The summed E-state index contributed by atoms with van der Waals surface area (Å²) in [5.74, 6) is 7.95. The van der Waals surface area contributed by atoms with E-state index in [0.717, 1.165) is 29.4 Å². The van der Waals surface area contributed by atoms with Gasteiger partial charge in [0.05, 0.1) is 24.2 Å². The highest BCUT2D eigenvalue weighted by Crippen LogP contribution is 2.26. The molecule has 0 fully saturated rings. The molecule has 0 atom stereocenters. The molecule has 0 aliphatic rings. The summed E-state index contributed by atoms with van der Waals surface area (Å²) in [6, 6.07) is 3.29. The molecule has 2 rings (SSSR count). The van der Waals surface area contributed by atoms with Gasteiger partial charge in [-0.15, -0.1) is 19.3 Å². The topological polar surface area (TPSA) is 39.3 Å². The second-order valence-corrected chi connectivity index (χ2v) is 4.74. The molecule has 0 saturated carbocycles. The molecule has 0 radical (unpaired) electrons. The average molecular weight is 276 g/mol. The van der Waals surface area contributed by atoms with Gasteiger partial charge in [-0.25, -0.2) is 0 Å². The van der Waals surface area contributed by atoms with E-state index in [0.29, 0.717) is 18.7 Å². The van der Waals surface area contributed by atoms with E-state index in [9.17, 15) is 5.11 Å². The lowest BCUT2D eigenvalue weighted by Gasteiger charge is -2.16. The molecule has 0 amide bonds. The van der Waals surface area contributed by atoms with Crippen LogP contribution in [-0.2, 0) is 6.42 Å². The Labute approximate surface area is 125 Å². The normalized spacial score (nSPS) is 10.2. The Hall–Kier alpha value is -2.80. The Bertz CT molecular complexity index is 749. The maximum absolute atomic E-state index is 9.76. The van der Waals surface area contributed by atoms with Crippen molar-refractivity contribution < 1.29 is 5.11 Å². The van der Waals surface area contributed by atoms with Crippen molar-refractivity contribution in [3.63, 3.8) is 0 Å². The first-order valence-corrected chi connectivity index (χ1v) is 6.58. The first kappa shape index (κ1) is 14.6. The van der Waals surface area contributed by atoms with Crippen molar-refractivity contribution in [2.75, 3.05) is 19.6 Å². The average Bonchev–Trinajstić information content (AvgIpc) is 2.87. The zero-order valence-corrected chi connectivity index (χ0v) is 11.7. The van der Waals surface area contributed by atoms with Gasteiger partial charge < -0.3 is 10.1 Å². The molecule has 0 saturated heterocycles. The standard InChI is InChI=1S/C18H16N2O/c1-4-8-20(9-5-2)10-7-15-13-19-18-14(6-3)11-16(21)12-17(15)18/h1-3,11-13,19,21H,7-10H2. The van der Waals surface area contributed by atoms with Crippen LogP contribution in [0.25, 0.3) is 10.9 Å². The number of phenolic OH excluding ortho intramolecular Hbond substituents is 1. The number of terminal acetylenes is 3. The first-order chi connectivity index (χ1) is 10.2. The zero-order chi connectivity index (χ0) is 15.2. The molecule has 3 nitrogen and oxygen atoms in total. The number of hydrogen-bond acceptors (Lipinski definition) is 2. The number of benzene rings is 1. The largest absolute Gasteiger partial charge is 0.508 e.